The number of halogens is 2. The quantitative estimate of drug-likeness (QED) is 0.707. The first-order valence-electron chi connectivity index (χ1n) is 6.65. The molecule has 3 aromatic heterocycles. The van der Waals surface area contributed by atoms with Gasteiger partial charge in [-0.1, -0.05) is 0 Å². The predicted octanol–water partition coefficient (Wildman–Crippen LogP) is 2.55. The molecular formula is C14H11BrFN5O. The van der Waals surface area contributed by atoms with Crippen LogP contribution in [-0.2, 0) is 4.74 Å². The Labute approximate surface area is 133 Å². The van der Waals surface area contributed by atoms with Gasteiger partial charge in [0.15, 0.2) is 5.82 Å². The standard InChI is InChI=1S/C14H11BrFN5O/c15-12-1-8-9(13-10(16)2-19-14(17)20-13)4-21(7-5-22-6-7)11(8)3-18-12/h1-4,7H,5-6H2,(H2,17,19,20). The molecule has 3 aromatic rings. The molecule has 0 amide bonds. The van der Waals surface area contributed by atoms with Crippen LogP contribution in [0.2, 0.25) is 0 Å². The predicted molar refractivity (Wildman–Crippen MR) is 82.7 cm³/mol. The topological polar surface area (TPSA) is 78.8 Å². The molecule has 0 saturated carbocycles. The third-order valence-corrected chi connectivity index (χ3v) is 4.15. The number of nitrogens with two attached hydrogens (primary N) is 1. The molecule has 2 N–H and O–H groups in total. The van der Waals surface area contributed by atoms with E-state index in [0.29, 0.717) is 23.4 Å². The van der Waals surface area contributed by atoms with Gasteiger partial charge in [0.25, 0.3) is 0 Å². The maximum Gasteiger partial charge on any atom is 0.220 e. The van der Waals surface area contributed by atoms with E-state index < -0.39 is 5.82 Å². The van der Waals surface area contributed by atoms with E-state index in [1.54, 1.807) is 6.20 Å². The van der Waals surface area contributed by atoms with Crippen LogP contribution in [0.25, 0.3) is 22.2 Å². The van der Waals surface area contributed by atoms with Gasteiger partial charge in [0.2, 0.25) is 5.95 Å². The number of anilines is 1. The number of ether oxygens (including phenoxy) is 1. The van der Waals surface area contributed by atoms with Gasteiger partial charge in [-0.25, -0.2) is 19.3 Å². The van der Waals surface area contributed by atoms with Crippen LogP contribution in [0.1, 0.15) is 6.04 Å². The van der Waals surface area contributed by atoms with Gasteiger partial charge < -0.3 is 15.0 Å². The maximum atomic E-state index is 14.1. The van der Waals surface area contributed by atoms with Crippen LogP contribution in [0.15, 0.2) is 29.3 Å². The molecule has 0 aliphatic carbocycles. The highest BCUT2D eigenvalue weighted by atomic mass is 79.9. The molecule has 6 nitrogen and oxygen atoms in total. The van der Waals surface area contributed by atoms with Gasteiger partial charge >= 0.3 is 0 Å². The van der Waals surface area contributed by atoms with Gasteiger partial charge in [-0.2, -0.15) is 0 Å². The molecule has 22 heavy (non-hydrogen) atoms. The molecule has 1 aliphatic heterocycles. The number of hydrogen-bond acceptors (Lipinski definition) is 5. The lowest BCUT2D eigenvalue weighted by Crippen LogP contribution is -2.30. The summed E-state index contributed by atoms with van der Waals surface area (Å²) in [7, 11) is 0. The molecule has 0 radical (unpaired) electrons. The molecule has 1 fully saturated rings. The van der Waals surface area contributed by atoms with Crippen molar-refractivity contribution < 1.29 is 9.13 Å². The molecule has 4 rings (SSSR count). The Morgan fingerprint density at radius 3 is 2.86 bits per heavy atom. The first-order chi connectivity index (χ1) is 10.6. The van der Waals surface area contributed by atoms with Crippen molar-refractivity contribution in [2.24, 2.45) is 0 Å². The zero-order chi connectivity index (χ0) is 15.3. The Kier molecular flexibility index (Phi) is 3.08. The van der Waals surface area contributed by atoms with Crippen LogP contribution in [0.5, 0.6) is 0 Å². The Morgan fingerprint density at radius 1 is 1.32 bits per heavy atom. The van der Waals surface area contributed by atoms with Crippen molar-refractivity contribution in [3.8, 4) is 11.3 Å². The number of pyridine rings is 1. The third kappa shape index (κ3) is 2.06. The van der Waals surface area contributed by atoms with Crippen LogP contribution >= 0.6 is 15.9 Å². The third-order valence-electron chi connectivity index (χ3n) is 3.72. The van der Waals surface area contributed by atoms with E-state index in [2.05, 4.69) is 30.9 Å². The van der Waals surface area contributed by atoms with Crippen LogP contribution in [0.3, 0.4) is 0 Å². The first-order valence-corrected chi connectivity index (χ1v) is 7.45. The lowest BCUT2D eigenvalue weighted by molar-refractivity contribution is -0.0213. The average molecular weight is 364 g/mol. The number of hydrogen-bond donors (Lipinski definition) is 1. The fourth-order valence-electron chi connectivity index (χ4n) is 2.57. The van der Waals surface area contributed by atoms with Crippen molar-refractivity contribution in [1.82, 2.24) is 19.5 Å². The second-order valence-corrected chi connectivity index (χ2v) is 5.90. The zero-order valence-electron chi connectivity index (χ0n) is 11.3. The summed E-state index contributed by atoms with van der Waals surface area (Å²) in [5.74, 6) is -0.469. The monoisotopic (exact) mass is 363 g/mol. The number of rotatable bonds is 2. The van der Waals surface area contributed by atoms with Crippen molar-refractivity contribution in [2.75, 3.05) is 18.9 Å². The molecule has 112 valence electrons. The van der Waals surface area contributed by atoms with Crippen molar-refractivity contribution >= 4 is 32.8 Å². The van der Waals surface area contributed by atoms with Gasteiger partial charge in [0.05, 0.1) is 37.2 Å². The molecule has 0 bridgehead atoms. The Hall–Kier alpha value is -2.06. The van der Waals surface area contributed by atoms with E-state index in [4.69, 9.17) is 10.5 Å². The van der Waals surface area contributed by atoms with Crippen molar-refractivity contribution in [1.29, 1.82) is 0 Å². The van der Waals surface area contributed by atoms with Crippen LogP contribution in [0, 0.1) is 5.82 Å². The first kappa shape index (κ1) is 13.6. The highest BCUT2D eigenvalue weighted by Gasteiger charge is 2.25. The van der Waals surface area contributed by atoms with E-state index in [-0.39, 0.29) is 17.7 Å². The Balaban J connectivity index is 2.00. The summed E-state index contributed by atoms with van der Waals surface area (Å²) in [5, 5.41) is 0.853. The molecular weight excluding hydrogens is 353 g/mol. The molecule has 1 saturated heterocycles. The maximum absolute atomic E-state index is 14.1. The summed E-state index contributed by atoms with van der Waals surface area (Å²) in [5.41, 5.74) is 7.36. The number of aromatic nitrogens is 4. The van der Waals surface area contributed by atoms with Crippen molar-refractivity contribution in [3.05, 3.63) is 35.1 Å². The normalized spacial score (nSPS) is 15.2. The van der Waals surface area contributed by atoms with Gasteiger partial charge in [0.1, 0.15) is 10.3 Å². The second kappa shape index (κ2) is 4.99. The smallest absolute Gasteiger partial charge is 0.220 e. The fourth-order valence-corrected chi connectivity index (χ4v) is 2.90. The lowest BCUT2D eigenvalue weighted by atomic mass is 10.1. The van der Waals surface area contributed by atoms with Gasteiger partial charge in [-0.3, -0.25) is 0 Å². The van der Waals surface area contributed by atoms with Gasteiger partial charge in [-0.15, -0.1) is 0 Å². The van der Waals surface area contributed by atoms with Gasteiger partial charge in [-0.05, 0) is 22.0 Å². The number of nitrogen functional groups attached to an aromatic ring is 1. The van der Waals surface area contributed by atoms with Crippen LogP contribution in [-0.4, -0.2) is 32.7 Å². The number of nitrogens with zero attached hydrogens (tertiary/aromatic N) is 4. The van der Waals surface area contributed by atoms with E-state index in [1.807, 2.05) is 16.8 Å². The minimum Gasteiger partial charge on any atom is -0.377 e. The average Bonchev–Trinajstić information content (AvgIpc) is 2.78. The summed E-state index contributed by atoms with van der Waals surface area (Å²) in [6.07, 6.45) is 4.71. The molecule has 0 unspecified atom stereocenters. The molecule has 8 heteroatoms. The van der Waals surface area contributed by atoms with E-state index in [0.717, 1.165) is 17.1 Å². The highest BCUT2D eigenvalue weighted by molar-refractivity contribution is 9.10. The van der Waals surface area contributed by atoms with E-state index >= 15 is 0 Å². The Morgan fingerprint density at radius 2 is 2.14 bits per heavy atom. The molecule has 0 spiro atoms. The summed E-state index contributed by atoms with van der Waals surface area (Å²) in [6.45, 7) is 1.27. The van der Waals surface area contributed by atoms with Crippen LogP contribution in [0.4, 0.5) is 10.3 Å². The highest BCUT2D eigenvalue weighted by Crippen LogP contribution is 2.35. The SMILES string of the molecule is Nc1ncc(F)c(-c2cn(C3COC3)c3cnc(Br)cc23)n1. The lowest BCUT2D eigenvalue weighted by Gasteiger charge is -2.28. The molecule has 0 aromatic carbocycles. The summed E-state index contributed by atoms with van der Waals surface area (Å²) in [4.78, 5) is 12.0. The largest absolute Gasteiger partial charge is 0.377 e. The fraction of sp³-hybridized carbons (Fsp3) is 0.214. The van der Waals surface area contributed by atoms with Crippen molar-refractivity contribution in [2.45, 2.75) is 6.04 Å². The number of fused-ring (bicyclic) bond motifs is 1. The zero-order valence-corrected chi connectivity index (χ0v) is 12.9. The second-order valence-electron chi connectivity index (χ2n) is 5.09. The minimum absolute atomic E-state index is 0.0393. The summed E-state index contributed by atoms with van der Waals surface area (Å²) < 4.78 is 22.1. The van der Waals surface area contributed by atoms with E-state index in [9.17, 15) is 4.39 Å². The minimum atomic E-state index is -0.508. The van der Waals surface area contributed by atoms with Crippen LogP contribution < -0.4 is 5.73 Å². The van der Waals surface area contributed by atoms with Crippen molar-refractivity contribution in [3.63, 3.8) is 0 Å². The van der Waals surface area contributed by atoms with Gasteiger partial charge in [0, 0.05) is 17.1 Å². The summed E-state index contributed by atoms with van der Waals surface area (Å²) in [6, 6.07) is 2.07. The Bertz CT molecular complexity index is 877. The molecule has 4 heterocycles. The van der Waals surface area contributed by atoms with E-state index in [1.165, 1.54) is 0 Å². The summed E-state index contributed by atoms with van der Waals surface area (Å²) >= 11 is 3.35. The molecule has 1 aliphatic rings. The molecule has 0 atom stereocenters.